The second-order valence-corrected chi connectivity index (χ2v) is 7.75. The maximum absolute atomic E-state index is 12.9. The zero-order chi connectivity index (χ0) is 23.5. The number of ether oxygens (including phenoxy) is 2. The number of H-pyrrole nitrogens is 1. The summed E-state index contributed by atoms with van der Waals surface area (Å²) < 4.78 is 12.8. The molecule has 2 heterocycles. The average molecular weight is 450 g/mol. The van der Waals surface area contributed by atoms with Gasteiger partial charge in [-0.15, -0.1) is 0 Å². The van der Waals surface area contributed by atoms with Crippen LogP contribution in [-0.2, 0) is 13.1 Å². The predicted octanol–water partition coefficient (Wildman–Crippen LogP) is 2.74. The Kier molecular flexibility index (Phi) is 6.32. The van der Waals surface area contributed by atoms with Crippen LogP contribution >= 0.6 is 0 Å². The number of nitrogens with zero attached hydrogens (tertiary/aromatic N) is 4. The molecule has 0 fully saturated rings. The molecule has 4 aromatic rings. The van der Waals surface area contributed by atoms with Crippen LogP contribution in [0.15, 0.2) is 47.5 Å². The molecule has 2 N–H and O–H groups in total. The van der Waals surface area contributed by atoms with E-state index in [1.165, 1.54) is 0 Å². The van der Waals surface area contributed by atoms with E-state index in [4.69, 9.17) is 9.47 Å². The summed E-state index contributed by atoms with van der Waals surface area (Å²) in [5.74, 6) is 2.31. The molecular weight excluding hydrogens is 422 g/mol. The number of aromatic amines is 1. The van der Waals surface area contributed by atoms with Gasteiger partial charge in [-0.05, 0) is 18.6 Å². The van der Waals surface area contributed by atoms with Crippen LogP contribution in [0.3, 0.4) is 0 Å². The van der Waals surface area contributed by atoms with Crippen LogP contribution in [0, 0.1) is 6.92 Å². The molecule has 0 aliphatic heterocycles. The van der Waals surface area contributed by atoms with Gasteiger partial charge in [0.1, 0.15) is 5.82 Å². The average Bonchev–Trinajstić information content (AvgIpc) is 3.27. The van der Waals surface area contributed by atoms with Gasteiger partial charge in [-0.3, -0.25) is 4.79 Å². The van der Waals surface area contributed by atoms with Crippen molar-refractivity contribution in [2.75, 3.05) is 32.8 Å². The highest BCUT2D eigenvalue weighted by Crippen LogP contribution is 2.35. The number of fused-ring (bicyclic) bond motifs is 1. The number of imidazole rings is 1. The number of aliphatic hydroxyl groups excluding tert-OH is 1. The summed E-state index contributed by atoms with van der Waals surface area (Å²) in [6.07, 6.45) is 3.57. The van der Waals surface area contributed by atoms with Crippen LogP contribution in [-0.4, -0.2) is 52.5 Å². The van der Waals surface area contributed by atoms with Crippen molar-refractivity contribution in [3.8, 4) is 22.9 Å². The predicted molar refractivity (Wildman–Crippen MR) is 127 cm³/mol. The quantitative estimate of drug-likeness (QED) is 0.426. The first-order valence-electron chi connectivity index (χ1n) is 10.5. The number of hydrogen-bond acceptors (Lipinski definition) is 7. The highest BCUT2D eigenvalue weighted by Gasteiger charge is 2.17. The van der Waals surface area contributed by atoms with E-state index >= 15 is 0 Å². The largest absolute Gasteiger partial charge is 0.493 e. The van der Waals surface area contributed by atoms with Gasteiger partial charge in [0.25, 0.3) is 5.56 Å². The molecule has 2 aromatic carbocycles. The Bertz CT molecular complexity index is 1340. The summed E-state index contributed by atoms with van der Waals surface area (Å²) in [5.41, 5.74) is 2.96. The maximum atomic E-state index is 12.9. The molecule has 0 atom stereocenters. The highest BCUT2D eigenvalue weighted by molar-refractivity contribution is 5.86. The lowest BCUT2D eigenvalue weighted by Gasteiger charge is -2.19. The summed E-state index contributed by atoms with van der Waals surface area (Å²) in [5, 5.41) is 9.75. The molecule has 0 saturated heterocycles. The first kappa shape index (κ1) is 22.3. The van der Waals surface area contributed by atoms with Crippen LogP contribution in [0.1, 0.15) is 11.1 Å². The fraction of sp³-hybridized carbons (Fsp3) is 0.292. The first-order chi connectivity index (χ1) is 16.0. The number of nitrogens with one attached hydrogen (secondary N) is 1. The monoisotopic (exact) mass is 449 g/mol. The number of methoxy groups -OCH3 is 2. The Morgan fingerprint density at radius 3 is 2.76 bits per heavy atom. The minimum absolute atomic E-state index is 0.0446. The zero-order valence-corrected chi connectivity index (χ0v) is 19.1. The Morgan fingerprint density at radius 1 is 1.21 bits per heavy atom. The lowest BCUT2D eigenvalue weighted by molar-refractivity contribution is 0.276. The smallest absolute Gasteiger partial charge is 0.282 e. The second kappa shape index (κ2) is 9.33. The summed E-state index contributed by atoms with van der Waals surface area (Å²) >= 11 is 0. The number of rotatable bonds is 8. The molecule has 33 heavy (non-hydrogen) atoms. The van der Waals surface area contributed by atoms with Gasteiger partial charge >= 0.3 is 0 Å². The fourth-order valence-electron chi connectivity index (χ4n) is 4.05. The Hall–Kier alpha value is -3.85. The van der Waals surface area contributed by atoms with Crippen LogP contribution < -0.4 is 19.9 Å². The summed E-state index contributed by atoms with van der Waals surface area (Å²) in [7, 11) is 4.98. The molecule has 0 spiro atoms. The molecule has 0 bridgehead atoms. The van der Waals surface area contributed by atoms with Gasteiger partial charge in [-0.25, -0.2) is 4.98 Å². The van der Waals surface area contributed by atoms with Crippen LogP contribution in [0.5, 0.6) is 11.5 Å². The number of hydrogen-bond donors (Lipinski definition) is 2. The molecule has 0 aliphatic rings. The lowest BCUT2D eigenvalue weighted by atomic mass is 10.1. The van der Waals surface area contributed by atoms with Crippen molar-refractivity contribution in [3.63, 3.8) is 0 Å². The van der Waals surface area contributed by atoms with Crippen LogP contribution in [0.2, 0.25) is 0 Å². The fourth-order valence-corrected chi connectivity index (χ4v) is 4.05. The SMILES string of the molecule is COc1cc2[nH]c(N(C)Cc3cccc(-c4nccn4CCO)c3)nc(=O)c2c(C)c1OC. The van der Waals surface area contributed by atoms with Crippen molar-refractivity contribution in [2.45, 2.75) is 20.0 Å². The van der Waals surface area contributed by atoms with Gasteiger partial charge in [0.15, 0.2) is 11.5 Å². The van der Waals surface area contributed by atoms with E-state index in [1.807, 2.05) is 53.9 Å². The third-order valence-corrected chi connectivity index (χ3v) is 5.60. The van der Waals surface area contributed by atoms with Crippen molar-refractivity contribution in [1.29, 1.82) is 0 Å². The van der Waals surface area contributed by atoms with Gasteiger partial charge in [0.05, 0.1) is 31.7 Å². The van der Waals surface area contributed by atoms with Crippen molar-refractivity contribution in [2.24, 2.45) is 0 Å². The second-order valence-electron chi connectivity index (χ2n) is 7.75. The Morgan fingerprint density at radius 2 is 2.03 bits per heavy atom. The lowest BCUT2D eigenvalue weighted by Crippen LogP contribution is -2.23. The van der Waals surface area contributed by atoms with Gasteiger partial charge < -0.3 is 29.0 Å². The van der Waals surface area contributed by atoms with Crippen molar-refractivity contribution >= 4 is 16.9 Å². The van der Waals surface area contributed by atoms with Gasteiger partial charge in [0, 0.05) is 49.7 Å². The molecule has 0 aliphatic carbocycles. The molecular formula is C24H27N5O4. The minimum atomic E-state index is -0.330. The molecule has 9 heteroatoms. The standard InChI is InChI=1S/C24H27N5O4/c1-15-20-18(13-19(32-3)21(15)33-4)26-24(27-23(20)31)28(2)14-16-6-5-7-17(12-16)22-25-8-9-29(22)10-11-30/h5-9,12-13,30H,10-11,14H2,1-4H3,(H,26,27,31). The van der Waals surface area contributed by atoms with Gasteiger partial charge in [0.2, 0.25) is 5.95 Å². The third kappa shape index (κ3) is 4.27. The topological polar surface area (TPSA) is 106 Å². The molecule has 0 unspecified atom stereocenters. The molecule has 0 radical (unpaired) electrons. The molecule has 172 valence electrons. The minimum Gasteiger partial charge on any atom is -0.493 e. The third-order valence-electron chi connectivity index (χ3n) is 5.60. The van der Waals surface area contributed by atoms with Crippen molar-refractivity contribution < 1.29 is 14.6 Å². The highest BCUT2D eigenvalue weighted by atomic mass is 16.5. The number of benzene rings is 2. The van der Waals surface area contributed by atoms with Crippen molar-refractivity contribution in [3.05, 3.63) is 64.2 Å². The first-order valence-corrected chi connectivity index (χ1v) is 10.5. The molecule has 4 rings (SSSR count). The molecule has 9 nitrogen and oxygen atoms in total. The Labute approximate surface area is 191 Å². The van der Waals surface area contributed by atoms with E-state index in [1.54, 1.807) is 26.5 Å². The maximum Gasteiger partial charge on any atom is 0.282 e. The van der Waals surface area contributed by atoms with E-state index in [0.717, 1.165) is 17.0 Å². The number of anilines is 1. The molecule has 2 aromatic heterocycles. The summed E-state index contributed by atoms with van der Waals surface area (Å²) in [6.45, 7) is 2.86. The summed E-state index contributed by atoms with van der Waals surface area (Å²) in [4.78, 5) is 26.7. The normalized spacial score (nSPS) is 11.1. The van der Waals surface area contributed by atoms with Gasteiger partial charge in [-0.2, -0.15) is 4.98 Å². The molecule has 0 saturated carbocycles. The van der Waals surface area contributed by atoms with E-state index in [9.17, 15) is 9.90 Å². The summed E-state index contributed by atoms with van der Waals surface area (Å²) in [6, 6.07) is 9.76. The number of aliphatic hydroxyl groups is 1. The van der Waals surface area contributed by atoms with E-state index in [-0.39, 0.29) is 12.2 Å². The van der Waals surface area contributed by atoms with Crippen LogP contribution in [0.25, 0.3) is 22.3 Å². The van der Waals surface area contributed by atoms with E-state index < -0.39 is 0 Å². The van der Waals surface area contributed by atoms with Gasteiger partial charge in [-0.1, -0.05) is 18.2 Å². The van der Waals surface area contributed by atoms with Crippen LogP contribution in [0.4, 0.5) is 5.95 Å². The van der Waals surface area contributed by atoms with E-state index in [0.29, 0.717) is 47.0 Å². The molecule has 0 amide bonds. The Balaban J connectivity index is 1.66. The van der Waals surface area contributed by atoms with Crippen molar-refractivity contribution in [1.82, 2.24) is 19.5 Å². The number of aryl methyl sites for hydroxylation is 1. The number of aromatic nitrogens is 4. The zero-order valence-electron chi connectivity index (χ0n) is 19.1. The van der Waals surface area contributed by atoms with E-state index in [2.05, 4.69) is 15.0 Å².